The number of anilines is 1. The molecular formula is C18H14BrNO3S. The molecule has 0 bridgehead atoms. The van der Waals surface area contributed by atoms with Gasteiger partial charge in [-0.3, -0.25) is 4.79 Å². The van der Waals surface area contributed by atoms with Crippen LogP contribution in [-0.2, 0) is 9.53 Å². The molecule has 0 aliphatic heterocycles. The largest absolute Gasteiger partial charge is 0.448 e. The van der Waals surface area contributed by atoms with E-state index in [9.17, 15) is 9.59 Å². The van der Waals surface area contributed by atoms with Crippen molar-refractivity contribution in [1.29, 1.82) is 0 Å². The van der Waals surface area contributed by atoms with Crippen LogP contribution in [0.1, 0.15) is 16.6 Å². The number of halogens is 1. The SMILES string of the molecule is C[C@H](OC(=O)c1cc2ccccc2s1)C(=O)Nc1ccc(Br)cc1. The van der Waals surface area contributed by atoms with Crippen molar-refractivity contribution < 1.29 is 14.3 Å². The van der Waals surface area contributed by atoms with Crippen molar-refractivity contribution in [2.45, 2.75) is 13.0 Å². The Bertz CT molecular complexity index is 856. The van der Waals surface area contributed by atoms with E-state index in [2.05, 4.69) is 21.2 Å². The Morgan fingerprint density at radius 1 is 1.12 bits per heavy atom. The van der Waals surface area contributed by atoms with Gasteiger partial charge in [-0.1, -0.05) is 34.1 Å². The zero-order valence-electron chi connectivity index (χ0n) is 12.8. The molecule has 0 radical (unpaired) electrons. The van der Waals surface area contributed by atoms with Crippen molar-refractivity contribution in [3.63, 3.8) is 0 Å². The van der Waals surface area contributed by atoms with E-state index in [0.717, 1.165) is 14.6 Å². The molecule has 3 aromatic rings. The molecule has 2 aromatic carbocycles. The molecule has 0 aliphatic carbocycles. The van der Waals surface area contributed by atoms with Gasteiger partial charge in [-0.15, -0.1) is 11.3 Å². The molecule has 0 aliphatic rings. The van der Waals surface area contributed by atoms with Gasteiger partial charge in [0.1, 0.15) is 4.88 Å². The number of nitrogens with one attached hydrogen (secondary N) is 1. The van der Waals surface area contributed by atoms with E-state index in [4.69, 9.17) is 4.74 Å². The molecule has 1 atom stereocenters. The summed E-state index contributed by atoms with van der Waals surface area (Å²) >= 11 is 4.69. The van der Waals surface area contributed by atoms with E-state index >= 15 is 0 Å². The highest BCUT2D eigenvalue weighted by atomic mass is 79.9. The number of amides is 1. The van der Waals surface area contributed by atoms with Crippen LogP contribution in [0, 0.1) is 0 Å². The quantitative estimate of drug-likeness (QED) is 0.633. The Morgan fingerprint density at radius 2 is 1.83 bits per heavy atom. The lowest BCUT2D eigenvalue weighted by Crippen LogP contribution is -2.29. The molecule has 0 saturated carbocycles. The summed E-state index contributed by atoms with van der Waals surface area (Å²) in [7, 11) is 0. The van der Waals surface area contributed by atoms with Crippen LogP contribution in [0.4, 0.5) is 5.69 Å². The highest BCUT2D eigenvalue weighted by molar-refractivity contribution is 9.10. The number of hydrogen-bond acceptors (Lipinski definition) is 4. The topological polar surface area (TPSA) is 55.4 Å². The summed E-state index contributed by atoms with van der Waals surface area (Å²) in [6.45, 7) is 1.55. The summed E-state index contributed by atoms with van der Waals surface area (Å²) in [5, 5.41) is 3.71. The summed E-state index contributed by atoms with van der Waals surface area (Å²) in [5.41, 5.74) is 0.646. The van der Waals surface area contributed by atoms with Crippen molar-refractivity contribution in [2.24, 2.45) is 0 Å². The van der Waals surface area contributed by atoms with Crippen LogP contribution < -0.4 is 5.32 Å². The molecule has 1 amide bonds. The van der Waals surface area contributed by atoms with E-state index in [1.807, 2.05) is 36.4 Å². The van der Waals surface area contributed by atoms with Crippen LogP contribution in [-0.4, -0.2) is 18.0 Å². The Morgan fingerprint density at radius 3 is 2.54 bits per heavy atom. The van der Waals surface area contributed by atoms with Crippen molar-refractivity contribution in [3.8, 4) is 0 Å². The van der Waals surface area contributed by atoms with E-state index in [0.29, 0.717) is 10.6 Å². The van der Waals surface area contributed by atoms with Crippen molar-refractivity contribution >= 4 is 54.9 Å². The van der Waals surface area contributed by atoms with Crippen molar-refractivity contribution in [1.82, 2.24) is 0 Å². The molecule has 1 heterocycles. The third kappa shape index (κ3) is 3.83. The van der Waals surface area contributed by atoms with Crippen LogP contribution in [0.3, 0.4) is 0 Å². The van der Waals surface area contributed by atoms with Gasteiger partial charge in [0.25, 0.3) is 5.91 Å². The van der Waals surface area contributed by atoms with E-state index in [1.54, 1.807) is 25.1 Å². The second-order valence-electron chi connectivity index (χ2n) is 5.19. The number of carbonyl (C=O) groups is 2. The van der Waals surface area contributed by atoms with Crippen LogP contribution in [0.15, 0.2) is 59.1 Å². The fourth-order valence-electron chi connectivity index (χ4n) is 2.13. The Labute approximate surface area is 151 Å². The highest BCUT2D eigenvalue weighted by Crippen LogP contribution is 2.26. The predicted molar refractivity (Wildman–Crippen MR) is 99.5 cm³/mol. The number of rotatable bonds is 4. The van der Waals surface area contributed by atoms with Crippen molar-refractivity contribution in [2.75, 3.05) is 5.32 Å². The lowest BCUT2D eigenvalue weighted by molar-refractivity contribution is -0.123. The van der Waals surface area contributed by atoms with Crippen LogP contribution in [0.5, 0.6) is 0 Å². The molecule has 4 nitrogen and oxygen atoms in total. The molecule has 1 aromatic heterocycles. The number of carbonyl (C=O) groups excluding carboxylic acids is 2. The molecule has 3 rings (SSSR count). The number of hydrogen-bond donors (Lipinski definition) is 1. The minimum atomic E-state index is -0.883. The maximum absolute atomic E-state index is 12.2. The maximum atomic E-state index is 12.2. The average molecular weight is 404 g/mol. The maximum Gasteiger partial charge on any atom is 0.349 e. The summed E-state index contributed by atoms with van der Waals surface area (Å²) in [5.74, 6) is -0.860. The second-order valence-corrected chi connectivity index (χ2v) is 7.19. The predicted octanol–water partition coefficient (Wildman–Crippen LogP) is 4.85. The lowest BCUT2D eigenvalue weighted by atomic mass is 10.2. The van der Waals surface area contributed by atoms with Gasteiger partial charge in [0, 0.05) is 14.9 Å². The molecule has 0 fully saturated rings. The molecule has 0 saturated heterocycles. The normalized spacial score (nSPS) is 11.9. The number of benzene rings is 2. The minimum absolute atomic E-state index is 0.369. The summed E-state index contributed by atoms with van der Waals surface area (Å²) in [6.07, 6.45) is -0.883. The van der Waals surface area contributed by atoms with Gasteiger partial charge in [-0.25, -0.2) is 4.79 Å². The van der Waals surface area contributed by atoms with Gasteiger partial charge in [0.15, 0.2) is 6.10 Å². The number of fused-ring (bicyclic) bond motifs is 1. The van der Waals surface area contributed by atoms with E-state index in [-0.39, 0.29) is 5.91 Å². The van der Waals surface area contributed by atoms with Gasteiger partial charge >= 0.3 is 5.97 Å². The highest BCUT2D eigenvalue weighted by Gasteiger charge is 2.20. The zero-order chi connectivity index (χ0) is 17.1. The first kappa shape index (κ1) is 16.7. The fraction of sp³-hybridized carbons (Fsp3) is 0.111. The Kier molecular flexibility index (Phi) is 4.97. The molecule has 0 spiro atoms. The molecule has 6 heteroatoms. The summed E-state index contributed by atoms with van der Waals surface area (Å²) in [6, 6.07) is 16.7. The summed E-state index contributed by atoms with van der Waals surface area (Å²) in [4.78, 5) is 24.9. The molecule has 122 valence electrons. The van der Waals surface area contributed by atoms with E-state index in [1.165, 1.54) is 11.3 Å². The number of ether oxygens (including phenoxy) is 1. The van der Waals surface area contributed by atoms with Gasteiger partial charge in [-0.2, -0.15) is 0 Å². The monoisotopic (exact) mass is 403 g/mol. The third-order valence-corrected chi connectivity index (χ3v) is 5.02. The first-order valence-electron chi connectivity index (χ1n) is 7.29. The van der Waals surface area contributed by atoms with E-state index < -0.39 is 12.1 Å². The number of thiophene rings is 1. The minimum Gasteiger partial charge on any atom is -0.448 e. The van der Waals surface area contributed by atoms with Gasteiger partial charge in [0.05, 0.1) is 0 Å². The molecule has 0 unspecified atom stereocenters. The third-order valence-electron chi connectivity index (χ3n) is 3.39. The number of esters is 1. The van der Waals surface area contributed by atoms with Crippen LogP contribution in [0.2, 0.25) is 0 Å². The van der Waals surface area contributed by atoms with Gasteiger partial charge in [0.2, 0.25) is 0 Å². The van der Waals surface area contributed by atoms with Gasteiger partial charge < -0.3 is 10.1 Å². The van der Waals surface area contributed by atoms with Crippen LogP contribution >= 0.6 is 27.3 Å². The molecular weight excluding hydrogens is 390 g/mol. The first-order valence-corrected chi connectivity index (χ1v) is 8.90. The Balaban J connectivity index is 1.64. The van der Waals surface area contributed by atoms with Crippen LogP contribution in [0.25, 0.3) is 10.1 Å². The zero-order valence-corrected chi connectivity index (χ0v) is 15.2. The smallest absolute Gasteiger partial charge is 0.349 e. The first-order chi connectivity index (χ1) is 11.5. The van der Waals surface area contributed by atoms with Crippen molar-refractivity contribution in [3.05, 3.63) is 63.9 Å². The molecule has 24 heavy (non-hydrogen) atoms. The fourth-order valence-corrected chi connectivity index (χ4v) is 3.34. The molecule has 1 N–H and O–H groups in total. The Hall–Kier alpha value is -2.18. The van der Waals surface area contributed by atoms with Gasteiger partial charge in [-0.05, 0) is 48.7 Å². The average Bonchev–Trinajstić information content (AvgIpc) is 3.01. The second kappa shape index (κ2) is 7.15. The summed E-state index contributed by atoms with van der Waals surface area (Å²) < 4.78 is 7.21. The lowest BCUT2D eigenvalue weighted by Gasteiger charge is -2.13. The standard InChI is InChI=1S/C18H14BrNO3S/c1-11(17(21)20-14-8-6-13(19)7-9-14)23-18(22)16-10-12-4-2-3-5-15(12)24-16/h2-11H,1H3,(H,20,21)/t11-/m0/s1.